The summed E-state index contributed by atoms with van der Waals surface area (Å²) in [6, 6.07) is 11.3. The monoisotopic (exact) mass is 434 g/mol. The number of amides is 1. The van der Waals surface area contributed by atoms with E-state index in [1.807, 2.05) is 54.9 Å². The van der Waals surface area contributed by atoms with Crippen molar-refractivity contribution in [3.05, 3.63) is 53.3 Å². The van der Waals surface area contributed by atoms with Crippen molar-refractivity contribution in [2.75, 3.05) is 30.4 Å². The summed E-state index contributed by atoms with van der Waals surface area (Å²) in [7, 11) is 1.62. The van der Waals surface area contributed by atoms with Crippen LogP contribution in [-0.4, -0.2) is 46.1 Å². The number of anilines is 2. The number of hydrogen-bond donors (Lipinski definition) is 1. The van der Waals surface area contributed by atoms with Gasteiger partial charge in [0.25, 0.3) is 0 Å². The number of benzene rings is 1. The third kappa shape index (κ3) is 4.90. The molecule has 4 rings (SSSR count). The summed E-state index contributed by atoms with van der Waals surface area (Å²) in [5.41, 5.74) is 3.71. The van der Waals surface area contributed by atoms with Crippen LogP contribution < -0.4 is 15.0 Å². The lowest BCUT2D eigenvalue weighted by Crippen LogP contribution is -2.30. The van der Waals surface area contributed by atoms with Crippen LogP contribution in [0.5, 0.6) is 5.75 Å². The van der Waals surface area contributed by atoms with Gasteiger partial charge in [0.15, 0.2) is 11.6 Å². The standard InChI is InChI=1S/C24H30N6O2/c1-17-21(11-14-24(31)25-19-7-9-20(32-3)10-8-19)18(2)30(28-17)23-13-12-22(26-27-23)29-15-5-4-6-16-29/h7-10,12-13H,4-6,11,14-16H2,1-3H3,(H,25,31). The van der Waals surface area contributed by atoms with Gasteiger partial charge in [-0.1, -0.05) is 0 Å². The lowest BCUT2D eigenvalue weighted by Gasteiger charge is -2.27. The topological polar surface area (TPSA) is 85.2 Å². The quantitative estimate of drug-likeness (QED) is 0.608. The molecule has 0 atom stereocenters. The smallest absolute Gasteiger partial charge is 0.224 e. The van der Waals surface area contributed by atoms with Gasteiger partial charge >= 0.3 is 0 Å². The number of aryl methyl sites for hydroxylation is 1. The van der Waals surface area contributed by atoms with Crippen molar-refractivity contribution in [3.8, 4) is 11.6 Å². The van der Waals surface area contributed by atoms with Gasteiger partial charge in [0, 0.05) is 30.9 Å². The van der Waals surface area contributed by atoms with E-state index in [1.165, 1.54) is 19.3 Å². The predicted molar refractivity (Wildman–Crippen MR) is 125 cm³/mol. The number of nitrogens with zero attached hydrogens (tertiary/aromatic N) is 5. The highest BCUT2D eigenvalue weighted by molar-refractivity contribution is 5.90. The molecule has 1 N–H and O–H groups in total. The molecule has 1 aliphatic heterocycles. The average Bonchev–Trinajstić information content (AvgIpc) is 3.12. The molecule has 8 nitrogen and oxygen atoms in total. The van der Waals surface area contributed by atoms with E-state index in [0.717, 1.165) is 47.3 Å². The highest BCUT2D eigenvalue weighted by atomic mass is 16.5. The van der Waals surface area contributed by atoms with Crippen molar-refractivity contribution in [1.29, 1.82) is 0 Å². The van der Waals surface area contributed by atoms with Gasteiger partial charge in [-0.25, -0.2) is 4.68 Å². The SMILES string of the molecule is COc1ccc(NC(=O)CCc2c(C)nn(-c3ccc(N4CCCCC4)nn3)c2C)cc1. The molecule has 3 heterocycles. The second-order valence-corrected chi connectivity index (χ2v) is 8.14. The molecule has 0 aliphatic carbocycles. The van der Waals surface area contributed by atoms with Gasteiger partial charge in [0.05, 0.1) is 12.8 Å². The van der Waals surface area contributed by atoms with Crippen LogP contribution in [0.25, 0.3) is 5.82 Å². The van der Waals surface area contributed by atoms with Crippen LogP contribution in [0.2, 0.25) is 0 Å². The van der Waals surface area contributed by atoms with Gasteiger partial charge in [0.2, 0.25) is 5.91 Å². The predicted octanol–water partition coefficient (Wildman–Crippen LogP) is 3.85. The number of piperidine rings is 1. The lowest BCUT2D eigenvalue weighted by molar-refractivity contribution is -0.116. The molecule has 1 aromatic carbocycles. The first-order valence-electron chi connectivity index (χ1n) is 11.1. The van der Waals surface area contributed by atoms with Crippen LogP contribution in [0, 0.1) is 13.8 Å². The maximum Gasteiger partial charge on any atom is 0.224 e. The highest BCUT2D eigenvalue weighted by Crippen LogP contribution is 2.21. The van der Waals surface area contributed by atoms with Crippen molar-refractivity contribution in [1.82, 2.24) is 20.0 Å². The fraction of sp³-hybridized carbons (Fsp3) is 0.417. The van der Waals surface area contributed by atoms with E-state index in [2.05, 4.69) is 25.5 Å². The molecule has 8 heteroatoms. The number of carbonyl (C=O) groups excluding carboxylic acids is 1. The number of methoxy groups -OCH3 is 1. The number of nitrogens with one attached hydrogen (secondary N) is 1. The van der Waals surface area contributed by atoms with Crippen LogP contribution in [0.4, 0.5) is 11.5 Å². The first kappa shape index (κ1) is 21.8. The molecule has 0 unspecified atom stereocenters. The molecular weight excluding hydrogens is 404 g/mol. The Labute approximate surface area is 188 Å². The second kappa shape index (κ2) is 9.80. The Morgan fingerprint density at radius 2 is 1.69 bits per heavy atom. The molecule has 1 aliphatic rings. The Morgan fingerprint density at radius 3 is 2.34 bits per heavy atom. The molecule has 0 spiro atoms. The lowest BCUT2D eigenvalue weighted by atomic mass is 10.1. The van der Waals surface area contributed by atoms with Crippen LogP contribution in [0.15, 0.2) is 36.4 Å². The van der Waals surface area contributed by atoms with E-state index in [-0.39, 0.29) is 5.91 Å². The summed E-state index contributed by atoms with van der Waals surface area (Å²) >= 11 is 0. The van der Waals surface area contributed by atoms with Gasteiger partial charge in [-0.05, 0) is 81.5 Å². The molecule has 1 saturated heterocycles. The molecule has 3 aromatic rings. The zero-order valence-electron chi connectivity index (χ0n) is 19.0. The van der Waals surface area contributed by atoms with Crippen molar-refractivity contribution in [3.63, 3.8) is 0 Å². The first-order chi connectivity index (χ1) is 15.5. The second-order valence-electron chi connectivity index (χ2n) is 8.14. The highest BCUT2D eigenvalue weighted by Gasteiger charge is 2.17. The summed E-state index contributed by atoms with van der Waals surface area (Å²) < 4.78 is 6.97. The van der Waals surface area contributed by atoms with Gasteiger partial charge in [-0.15, -0.1) is 10.2 Å². The zero-order chi connectivity index (χ0) is 22.5. The average molecular weight is 435 g/mol. The third-order valence-electron chi connectivity index (χ3n) is 5.95. The Bertz CT molecular complexity index is 1050. The van der Waals surface area contributed by atoms with Crippen molar-refractivity contribution >= 4 is 17.4 Å². The Kier molecular flexibility index (Phi) is 6.68. The van der Waals surface area contributed by atoms with E-state index < -0.39 is 0 Å². The molecular formula is C24H30N6O2. The normalized spacial score (nSPS) is 13.8. The van der Waals surface area contributed by atoms with Crippen LogP contribution in [0.1, 0.15) is 42.6 Å². The molecule has 1 amide bonds. The minimum atomic E-state index is -0.0348. The fourth-order valence-electron chi connectivity index (χ4n) is 4.12. The largest absolute Gasteiger partial charge is 0.497 e. The van der Waals surface area contributed by atoms with E-state index in [9.17, 15) is 4.79 Å². The minimum absolute atomic E-state index is 0.0348. The van der Waals surface area contributed by atoms with Crippen molar-refractivity contribution in [2.45, 2.75) is 46.0 Å². The third-order valence-corrected chi connectivity index (χ3v) is 5.95. The van der Waals surface area contributed by atoms with Gasteiger partial charge < -0.3 is 15.0 Å². The van der Waals surface area contributed by atoms with Crippen molar-refractivity contribution in [2.24, 2.45) is 0 Å². The maximum atomic E-state index is 12.4. The van der Waals surface area contributed by atoms with Crippen LogP contribution >= 0.6 is 0 Å². The summed E-state index contributed by atoms with van der Waals surface area (Å²) in [5.74, 6) is 2.34. The number of ether oxygens (including phenoxy) is 1. The van der Waals surface area contributed by atoms with E-state index >= 15 is 0 Å². The Balaban J connectivity index is 1.40. The molecule has 0 radical (unpaired) electrons. The van der Waals surface area contributed by atoms with E-state index in [4.69, 9.17) is 4.74 Å². The molecule has 168 valence electrons. The summed E-state index contributed by atoms with van der Waals surface area (Å²) in [6.07, 6.45) is 4.68. The fourth-order valence-corrected chi connectivity index (χ4v) is 4.12. The van der Waals surface area contributed by atoms with E-state index in [0.29, 0.717) is 18.7 Å². The summed E-state index contributed by atoms with van der Waals surface area (Å²) in [6.45, 7) is 6.06. The summed E-state index contributed by atoms with van der Waals surface area (Å²) in [5, 5.41) is 16.4. The van der Waals surface area contributed by atoms with Gasteiger partial charge in [0.1, 0.15) is 5.75 Å². The molecule has 0 saturated carbocycles. The van der Waals surface area contributed by atoms with Crippen LogP contribution in [-0.2, 0) is 11.2 Å². The zero-order valence-corrected chi connectivity index (χ0v) is 19.0. The van der Waals surface area contributed by atoms with Crippen molar-refractivity contribution < 1.29 is 9.53 Å². The molecule has 32 heavy (non-hydrogen) atoms. The summed E-state index contributed by atoms with van der Waals surface area (Å²) in [4.78, 5) is 14.7. The van der Waals surface area contributed by atoms with Gasteiger partial charge in [-0.3, -0.25) is 4.79 Å². The van der Waals surface area contributed by atoms with Gasteiger partial charge in [-0.2, -0.15) is 5.10 Å². The Hall–Kier alpha value is -3.42. The maximum absolute atomic E-state index is 12.4. The first-order valence-corrected chi connectivity index (χ1v) is 11.1. The number of aromatic nitrogens is 4. The minimum Gasteiger partial charge on any atom is -0.497 e. The van der Waals surface area contributed by atoms with E-state index in [1.54, 1.807) is 7.11 Å². The number of hydrogen-bond acceptors (Lipinski definition) is 6. The number of carbonyl (C=O) groups is 1. The molecule has 1 fully saturated rings. The molecule has 2 aromatic heterocycles. The Morgan fingerprint density at radius 1 is 1.00 bits per heavy atom. The molecule has 0 bridgehead atoms. The number of rotatable bonds is 7. The van der Waals surface area contributed by atoms with Crippen LogP contribution in [0.3, 0.4) is 0 Å².